The van der Waals surface area contributed by atoms with Crippen molar-refractivity contribution in [1.29, 1.82) is 0 Å². The number of benzene rings is 1. The zero-order valence-electron chi connectivity index (χ0n) is 14.9. The van der Waals surface area contributed by atoms with E-state index in [1.165, 1.54) is 17.3 Å². The van der Waals surface area contributed by atoms with Gasteiger partial charge >= 0.3 is 0 Å². The van der Waals surface area contributed by atoms with Gasteiger partial charge in [-0.2, -0.15) is 15.0 Å². The summed E-state index contributed by atoms with van der Waals surface area (Å²) in [5.41, 5.74) is 7.99. The third-order valence-electron chi connectivity index (χ3n) is 3.63. The second-order valence-electron chi connectivity index (χ2n) is 5.86. The number of thioether (sulfide) groups is 1. The number of tetrazole rings is 1. The van der Waals surface area contributed by atoms with Crippen LogP contribution in [0, 0.1) is 0 Å². The van der Waals surface area contributed by atoms with Gasteiger partial charge < -0.3 is 11.1 Å². The third-order valence-corrected chi connectivity index (χ3v) is 4.56. The van der Waals surface area contributed by atoms with Crippen LogP contribution in [0.5, 0.6) is 0 Å². The predicted octanol–water partition coefficient (Wildman–Crippen LogP) is 2.62. The first-order valence-corrected chi connectivity index (χ1v) is 9.31. The molecule has 0 amide bonds. The lowest BCUT2D eigenvalue weighted by Gasteiger charge is -2.11. The van der Waals surface area contributed by atoms with Crippen LogP contribution in [0.1, 0.15) is 38.2 Å². The number of aryl methyl sites for hydroxylation is 1. The molecule has 3 N–H and O–H groups in total. The molecule has 0 saturated heterocycles. The van der Waals surface area contributed by atoms with Crippen molar-refractivity contribution in [2.45, 2.75) is 44.1 Å². The zero-order valence-corrected chi connectivity index (χ0v) is 15.7. The fraction of sp³-hybridized carbons (Fsp3) is 0.375. The van der Waals surface area contributed by atoms with Gasteiger partial charge in [-0.15, -0.1) is 5.10 Å². The molecule has 0 fully saturated rings. The van der Waals surface area contributed by atoms with Crippen LogP contribution in [-0.4, -0.2) is 35.2 Å². The standard InChI is InChI=1S/C16H21N9S/c1-4-11-7-5-6-8-12(11)18-15-20-13(19-14(17)21-15)9-26-16-22-23-24-25(16)10(2)3/h5-8,10H,4,9H2,1-3H3,(H3,17,18,19,20,21). The number of nitrogens with zero attached hydrogens (tertiary/aromatic N) is 7. The number of nitrogens with one attached hydrogen (secondary N) is 1. The molecule has 2 aromatic heterocycles. The maximum Gasteiger partial charge on any atom is 0.232 e. The fourth-order valence-electron chi connectivity index (χ4n) is 2.36. The number of nitrogen functional groups attached to an aromatic ring is 1. The summed E-state index contributed by atoms with van der Waals surface area (Å²) in [4.78, 5) is 12.9. The summed E-state index contributed by atoms with van der Waals surface area (Å²) in [6.07, 6.45) is 0.907. The van der Waals surface area contributed by atoms with Crippen molar-refractivity contribution in [3.05, 3.63) is 35.7 Å². The highest BCUT2D eigenvalue weighted by Crippen LogP contribution is 2.23. The predicted molar refractivity (Wildman–Crippen MR) is 101 cm³/mol. The zero-order chi connectivity index (χ0) is 18.5. The lowest BCUT2D eigenvalue weighted by molar-refractivity contribution is 0.477. The minimum atomic E-state index is 0.176. The van der Waals surface area contributed by atoms with E-state index < -0.39 is 0 Å². The van der Waals surface area contributed by atoms with Gasteiger partial charge in [0.15, 0.2) is 0 Å². The minimum Gasteiger partial charge on any atom is -0.368 e. The Bertz CT molecular complexity index is 878. The van der Waals surface area contributed by atoms with E-state index in [-0.39, 0.29) is 12.0 Å². The van der Waals surface area contributed by atoms with Crippen LogP contribution < -0.4 is 11.1 Å². The van der Waals surface area contributed by atoms with Crippen LogP contribution in [0.2, 0.25) is 0 Å². The number of aromatic nitrogens is 7. The monoisotopic (exact) mass is 371 g/mol. The first-order valence-electron chi connectivity index (χ1n) is 8.32. The molecule has 0 atom stereocenters. The number of hydrogen-bond donors (Lipinski definition) is 2. The Morgan fingerprint density at radius 2 is 2.00 bits per heavy atom. The Kier molecular flexibility index (Phi) is 5.61. The van der Waals surface area contributed by atoms with Crippen molar-refractivity contribution in [1.82, 2.24) is 35.2 Å². The van der Waals surface area contributed by atoms with Gasteiger partial charge in [0.1, 0.15) is 5.82 Å². The molecule has 1 aromatic carbocycles. The first-order chi connectivity index (χ1) is 12.6. The number of rotatable bonds is 7. The molecule has 3 aromatic rings. The van der Waals surface area contributed by atoms with Crippen LogP contribution in [0.25, 0.3) is 0 Å². The molecule has 0 aliphatic heterocycles. The second-order valence-corrected chi connectivity index (χ2v) is 6.80. The van der Waals surface area contributed by atoms with Crippen molar-refractivity contribution in [3.63, 3.8) is 0 Å². The van der Waals surface area contributed by atoms with Crippen LogP contribution >= 0.6 is 11.8 Å². The van der Waals surface area contributed by atoms with Crippen molar-refractivity contribution >= 4 is 29.3 Å². The van der Waals surface area contributed by atoms with E-state index >= 15 is 0 Å². The summed E-state index contributed by atoms with van der Waals surface area (Å²) in [5, 5.41) is 15.7. The Labute approximate surface area is 155 Å². The molecule has 0 unspecified atom stereocenters. The van der Waals surface area contributed by atoms with E-state index in [2.05, 4.69) is 48.8 Å². The molecule has 0 bridgehead atoms. The van der Waals surface area contributed by atoms with Gasteiger partial charge in [0.2, 0.25) is 17.1 Å². The molecular weight excluding hydrogens is 350 g/mol. The maximum absolute atomic E-state index is 5.85. The van der Waals surface area contributed by atoms with Gasteiger partial charge in [-0.3, -0.25) is 0 Å². The first kappa shape index (κ1) is 18.1. The number of nitrogens with two attached hydrogens (primary N) is 1. The Morgan fingerprint density at radius 3 is 2.77 bits per heavy atom. The quantitative estimate of drug-likeness (QED) is 0.604. The van der Waals surface area contributed by atoms with E-state index in [0.717, 1.165) is 12.1 Å². The number of anilines is 3. The Morgan fingerprint density at radius 1 is 1.19 bits per heavy atom. The lowest BCUT2D eigenvalue weighted by atomic mass is 10.1. The smallest absolute Gasteiger partial charge is 0.232 e. The molecule has 10 heteroatoms. The summed E-state index contributed by atoms with van der Waals surface area (Å²) in [7, 11) is 0. The van der Waals surface area contributed by atoms with E-state index in [0.29, 0.717) is 22.7 Å². The average Bonchev–Trinajstić information content (AvgIpc) is 3.09. The molecule has 0 aliphatic rings. The topological polar surface area (TPSA) is 120 Å². The van der Waals surface area contributed by atoms with Crippen LogP contribution in [-0.2, 0) is 12.2 Å². The molecule has 0 radical (unpaired) electrons. The van der Waals surface area contributed by atoms with Crippen LogP contribution in [0.3, 0.4) is 0 Å². The van der Waals surface area contributed by atoms with E-state index in [9.17, 15) is 0 Å². The average molecular weight is 371 g/mol. The summed E-state index contributed by atoms with van der Waals surface area (Å²) < 4.78 is 1.76. The van der Waals surface area contributed by atoms with Crippen molar-refractivity contribution < 1.29 is 0 Å². The molecule has 0 aliphatic carbocycles. The van der Waals surface area contributed by atoms with Crippen molar-refractivity contribution in [3.8, 4) is 0 Å². The van der Waals surface area contributed by atoms with Crippen molar-refractivity contribution in [2.24, 2.45) is 0 Å². The fourth-order valence-corrected chi connectivity index (χ4v) is 3.22. The number of hydrogen-bond acceptors (Lipinski definition) is 9. The number of para-hydroxylation sites is 1. The normalized spacial score (nSPS) is 11.1. The molecule has 0 saturated carbocycles. The van der Waals surface area contributed by atoms with Gasteiger partial charge in [0.05, 0.1) is 11.8 Å². The van der Waals surface area contributed by atoms with Gasteiger partial charge in [-0.05, 0) is 42.3 Å². The van der Waals surface area contributed by atoms with E-state index in [4.69, 9.17) is 5.73 Å². The van der Waals surface area contributed by atoms with E-state index in [1.807, 2.05) is 32.0 Å². The van der Waals surface area contributed by atoms with Gasteiger partial charge in [0, 0.05) is 5.69 Å². The highest BCUT2D eigenvalue weighted by Gasteiger charge is 2.12. The van der Waals surface area contributed by atoms with Crippen LogP contribution in [0.4, 0.5) is 17.6 Å². The lowest BCUT2D eigenvalue weighted by Crippen LogP contribution is -2.08. The molecule has 26 heavy (non-hydrogen) atoms. The van der Waals surface area contributed by atoms with E-state index in [1.54, 1.807) is 4.68 Å². The molecule has 3 rings (SSSR count). The Hall–Kier alpha value is -2.75. The van der Waals surface area contributed by atoms with Crippen LogP contribution in [0.15, 0.2) is 29.4 Å². The van der Waals surface area contributed by atoms with Crippen molar-refractivity contribution in [2.75, 3.05) is 11.1 Å². The summed E-state index contributed by atoms with van der Waals surface area (Å²) in [6.45, 7) is 6.15. The summed E-state index contributed by atoms with van der Waals surface area (Å²) >= 11 is 1.46. The van der Waals surface area contributed by atoms with Gasteiger partial charge in [-0.1, -0.05) is 36.9 Å². The highest BCUT2D eigenvalue weighted by atomic mass is 32.2. The SMILES string of the molecule is CCc1ccccc1Nc1nc(N)nc(CSc2nnnn2C(C)C)n1. The molecule has 2 heterocycles. The molecule has 9 nitrogen and oxygen atoms in total. The molecular formula is C16H21N9S. The molecule has 136 valence electrons. The Balaban J connectivity index is 1.76. The third kappa shape index (κ3) is 4.26. The van der Waals surface area contributed by atoms with Gasteiger partial charge in [0.25, 0.3) is 0 Å². The highest BCUT2D eigenvalue weighted by molar-refractivity contribution is 7.98. The summed E-state index contributed by atoms with van der Waals surface area (Å²) in [5.74, 6) is 1.66. The second kappa shape index (κ2) is 8.09. The minimum absolute atomic E-state index is 0.176. The summed E-state index contributed by atoms with van der Waals surface area (Å²) in [6, 6.07) is 8.21. The maximum atomic E-state index is 5.85. The van der Waals surface area contributed by atoms with Gasteiger partial charge in [-0.25, -0.2) is 4.68 Å². The molecule has 0 spiro atoms. The largest absolute Gasteiger partial charge is 0.368 e.